The molecule has 3 aromatic rings. The van der Waals surface area contributed by atoms with Gasteiger partial charge in [-0.15, -0.1) is 0 Å². The van der Waals surface area contributed by atoms with Crippen molar-refractivity contribution in [3.8, 4) is 11.5 Å². The molecule has 3 rings (SSSR count). The number of ether oxygens (including phenoxy) is 1. The molecular formula is C29H40N4O4S. The molecule has 0 aliphatic rings. The minimum atomic E-state index is -3.36. The van der Waals surface area contributed by atoms with Crippen LogP contribution in [0.15, 0.2) is 70.4 Å². The Morgan fingerprint density at radius 2 is 1.87 bits per heavy atom. The van der Waals surface area contributed by atoms with Gasteiger partial charge in [0.1, 0.15) is 17.7 Å². The van der Waals surface area contributed by atoms with Crippen molar-refractivity contribution in [3.63, 3.8) is 0 Å². The van der Waals surface area contributed by atoms with Crippen molar-refractivity contribution in [2.24, 2.45) is 10.7 Å². The molecule has 0 saturated heterocycles. The number of aryl methyl sites for hydroxylation is 1. The van der Waals surface area contributed by atoms with Gasteiger partial charge in [-0.25, -0.2) is 8.42 Å². The number of hydrogen-bond acceptors (Lipinski definition) is 8. The zero-order chi connectivity index (χ0) is 28.5. The molecule has 9 heteroatoms. The number of sulfone groups is 1. The van der Waals surface area contributed by atoms with Gasteiger partial charge in [-0.05, 0) is 69.2 Å². The van der Waals surface area contributed by atoms with Gasteiger partial charge in [0.05, 0.1) is 27.4 Å². The molecule has 0 bridgehead atoms. The number of nitrogens with two attached hydrogens (primary N) is 1. The van der Waals surface area contributed by atoms with Gasteiger partial charge in [-0.1, -0.05) is 32.9 Å². The Labute approximate surface area is 226 Å². The lowest BCUT2D eigenvalue weighted by atomic mass is 10.1. The van der Waals surface area contributed by atoms with Crippen LogP contribution in [-0.2, 0) is 16.3 Å². The SMILES string of the molecule is CC.CCS(=O)(=O)c1ccc2nccc(Oc3ccc(CC(O)N/C(C=NC(C)(C)C)=C/N)cc3C)c2c1. The highest BCUT2D eigenvalue weighted by Crippen LogP contribution is 2.32. The van der Waals surface area contributed by atoms with Gasteiger partial charge in [0, 0.05) is 30.4 Å². The molecule has 2 aromatic carbocycles. The summed E-state index contributed by atoms with van der Waals surface area (Å²) in [6.07, 6.45) is 4.10. The summed E-state index contributed by atoms with van der Waals surface area (Å²) in [5.41, 5.74) is 8.35. The molecule has 0 aliphatic heterocycles. The van der Waals surface area contributed by atoms with E-state index in [0.29, 0.717) is 34.5 Å². The first-order valence-corrected chi connectivity index (χ1v) is 14.4. The Balaban J connectivity index is 0.00000247. The highest BCUT2D eigenvalue weighted by Gasteiger charge is 2.15. The fourth-order valence-electron chi connectivity index (χ4n) is 3.48. The van der Waals surface area contributed by atoms with Crippen LogP contribution < -0.4 is 15.8 Å². The number of pyridine rings is 1. The summed E-state index contributed by atoms with van der Waals surface area (Å²) in [5, 5.41) is 14.1. The Kier molecular flexibility index (Phi) is 10.9. The molecule has 1 unspecified atom stereocenters. The number of rotatable bonds is 9. The molecule has 0 radical (unpaired) electrons. The Morgan fingerprint density at radius 1 is 1.16 bits per heavy atom. The summed E-state index contributed by atoms with van der Waals surface area (Å²) in [4.78, 5) is 8.96. The molecule has 1 atom stereocenters. The van der Waals surface area contributed by atoms with E-state index in [1.807, 2.05) is 59.7 Å². The Bertz CT molecular complexity index is 1390. The van der Waals surface area contributed by atoms with Crippen molar-refractivity contribution >= 4 is 27.0 Å². The van der Waals surface area contributed by atoms with Crippen molar-refractivity contribution in [1.82, 2.24) is 10.3 Å². The van der Waals surface area contributed by atoms with Crippen LogP contribution in [0.1, 0.15) is 52.7 Å². The summed E-state index contributed by atoms with van der Waals surface area (Å²) >= 11 is 0. The first-order chi connectivity index (χ1) is 17.9. The predicted octanol–water partition coefficient (Wildman–Crippen LogP) is 5.28. The van der Waals surface area contributed by atoms with Crippen molar-refractivity contribution in [1.29, 1.82) is 0 Å². The van der Waals surface area contributed by atoms with Crippen molar-refractivity contribution < 1.29 is 18.3 Å². The van der Waals surface area contributed by atoms with E-state index in [1.54, 1.807) is 43.6 Å². The molecule has 1 aromatic heterocycles. The maximum Gasteiger partial charge on any atom is 0.178 e. The summed E-state index contributed by atoms with van der Waals surface area (Å²) in [5.74, 6) is 1.15. The molecule has 206 valence electrons. The van der Waals surface area contributed by atoms with E-state index in [9.17, 15) is 13.5 Å². The van der Waals surface area contributed by atoms with E-state index < -0.39 is 16.1 Å². The normalized spacial score (nSPS) is 13.2. The van der Waals surface area contributed by atoms with E-state index in [1.165, 1.54) is 6.20 Å². The van der Waals surface area contributed by atoms with Gasteiger partial charge in [-0.3, -0.25) is 9.98 Å². The van der Waals surface area contributed by atoms with Crippen LogP contribution in [0.2, 0.25) is 0 Å². The summed E-state index contributed by atoms with van der Waals surface area (Å²) in [7, 11) is -3.36. The number of aliphatic imine (C=N–C) groups is 1. The number of nitrogens with zero attached hydrogens (tertiary/aromatic N) is 2. The molecule has 0 amide bonds. The average molecular weight is 541 g/mol. The molecule has 0 spiro atoms. The second kappa shape index (κ2) is 13.4. The number of allylic oxidation sites excluding steroid dienone is 1. The zero-order valence-electron chi connectivity index (χ0n) is 23.3. The lowest BCUT2D eigenvalue weighted by Crippen LogP contribution is -2.31. The van der Waals surface area contributed by atoms with E-state index in [4.69, 9.17) is 10.5 Å². The molecule has 0 fully saturated rings. The maximum atomic E-state index is 12.4. The first-order valence-electron chi connectivity index (χ1n) is 12.7. The number of aromatic nitrogens is 1. The van der Waals surface area contributed by atoms with Gasteiger partial charge in [-0.2, -0.15) is 0 Å². The van der Waals surface area contributed by atoms with Gasteiger partial charge >= 0.3 is 0 Å². The predicted molar refractivity (Wildman–Crippen MR) is 155 cm³/mol. The van der Waals surface area contributed by atoms with Crippen molar-refractivity contribution in [2.45, 2.75) is 71.5 Å². The topological polar surface area (TPSA) is 127 Å². The smallest absolute Gasteiger partial charge is 0.178 e. The average Bonchev–Trinajstić information content (AvgIpc) is 2.88. The summed E-state index contributed by atoms with van der Waals surface area (Å²) in [6, 6.07) is 12.2. The Morgan fingerprint density at radius 3 is 2.47 bits per heavy atom. The zero-order valence-corrected chi connectivity index (χ0v) is 24.1. The van der Waals surface area contributed by atoms with Crippen LogP contribution in [0, 0.1) is 6.92 Å². The van der Waals surface area contributed by atoms with Crippen molar-refractivity contribution in [2.75, 3.05) is 5.75 Å². The minimum Gasteiger partial charge on any atom is -0.456 e. The second-order valence-electron chi connectivity index (χ2n) is 9.51. The standard InChI is InChI=1S/C27H34N4O4S.C2H6/c1-6-36(33,34)21-8-9-23-22(15-21)25(11-12-29-23)35-24-10-7-19(13-18(24)2)14-26(32)31-20(16-28)17-30-27(3,4)5;1-2/h7-13,15-17,26,31-32H,6,14,28H2,1-5H3;1-2H3/b20-16+,30-17?;. The highest BCUT2D eigenvalue weighted by molar-refractivity contribution is 7.91. The van der Waals surface area contributed by atoms with Gasteiger partial charge in [0.15, 0.2) is 9.84 Å². The van der Waals surface area contributed by atoms with Crippen LogP contribution in [0.25, 0.3) is 10.9 Å². The lowest BCUT2D eigenvalue weighted by molar-refractivity contribution is 0.151. The Hall–Kier alpha value is -3.43. The first kappa shape index (κ1) is 30.8. The van der Waals surface area contributed by atoms with Crippen LogP contribution in [0.4, 0.5) is 0 Å². The second-order valence-corrected chi connectivity index (χ2v) is 11.8. The number of aliphatic hydroxyl groups is 1. The highest BCUT2D eigenvalue weighted by atomic mass is 32.2. The van der Waals surface area contributed by atoms with Crippen molar-refractivity contribution in [3.05, 3.63) is 71.7 Å². The number of benzene rings is 2. The maximum absolute atomic E-state index is 12.4. The molecule has 8 nitrogen and oxygen atoms in total. The van der Waals surface area contributed by atoms with E-state index >= 15 is 0 Å². The van der Waals surface area contributed by atoms with E-state index in [2.05, 4.69) is 15.3 Å². The van der Waals surface area contributed by atoms with Crippen LogP contribution in [-0.4, -0.2) is 42.2 Å². The fourth-order valence-corrected chi connectivity index (χ4v) is 4.39. The number of nitrogens with one attached hydrogen (secondary N) is 1. The lowest BCUT2D eigenvalue weighted by Gasteiger charge is -2.17. The molecule has 1 heterocycles. The third-order valence-corrected chi connectivity index (χ3v) is 7.14. The van der Waals surface area contributed by atoms with Crippen LogP contribution >= 0.6 is 0 Å². The number of fused-ring (bicyclic) bond motifs is 1. The quantitative estimate of drug-likeness (QED) is 0.249. The molecule has 38 heavy (non-hydrogen) atoms. The summed E-state index contributed by atoms with van der Waals surface area (Å²) in [6.45, 7) is 13.4. The number of hydrogen-bond donors (Lipinski definition) is 3. The third kappa shape index (κ3) is 8.56. The largest absolute Gasteiger partial charge is 0.456 e. The minimum absolute atomic E-state index is 0.0161. The monoisotopic (exact) mass is 540 g/mol. The van der Waals surface area contributed by atoms with Gasteiger partial charge in [0.25, 0.3) is 0 Å². The third-order valence-electron chi connectivity index (χ3n) is 5.40. The molecular weight excluding hydrogens is 500 g/mol. The van der Waals surface area contributed by atoms with E-state index in [-0.39, 0.29) is 16.2 Å². The van der Waals surface area contributed by atoms with Crippen LogP contribution in [0.5, 0.6) is 11.5 Å². The fraction of sp³-hybridized carbons (Fsp3) is 0.379. The van der Waals surface area contributed by atoms with Gasteiger partial charge in [0.2, 0.25) is 0 Å². The van der Waals surface area contributed by atoms with E-state index in [0.717, 1.165) is 11.1 Å². The van der Waals surface area contributed by atoms with Crippen LogP contribution in [0.3, 0.4) is 0 Å². The molecule has 0 aliphatic carbocycles. The number of aliphatic hydroxyl groups excluding tert-OH is 1. The summed E-state index contributed by atoms with van der Waals surface area (Å²) < 4.78 is 30.9. The molecule has 0 saturated carbocycles. The van der Waals surface area contributed by atoms with Gasteiger partial charge < -0.3 is 20.9 Å². The molecule has 4 N–H and O–H groups in total.